The molecule has 128 valence electrons. The molecule has 23 heavy (non-hydrogen) atoms. The molecule has 1 aromatic rings. The van der Waals surface area contributed by atoms with Crippen LogP contribution in [0.4, 0.5) is 0 Å². The van der Waals surface area contributed by atoms with Gasteiger partial charge in [0, 0.05) is 21.1 Å². The van der Waals surface area contributed by atoms with Crippen LogP contribution in [0.3, 0.4) is 0 Å². The van der Waals surface area contributed by atoms with Crippen LogP contribution in [0.25, 0.3) is 0 Å². The molecule has 0 bridgehead atoms. The molecule has 0 fully saturated rings. The Hall–Kier alpha value is -2.10. The number of hydrogen-bond donors (Lipinski definition) is 1. The topological polar surface area (TPSA) is 106 Å². The molecule has 0 aliphatic carbocycles. The lowest BCUT2D eigenvalue weighted by molar-refractivity contribution is -0.142. The van der Waals surface area contributed by atoms with Crippen molar-refractivity contribution >= 4 is 29.5 Å². The summed E-state index contributed by atoms with van der Waals surface area (Å²) in [5.41, 5.74) is 0. The van der Waals surface area contributed by atoms with Crippen LogP contribution in [0, 0.1) is 0 Å². The third-order valence-electron chi connectivity index (χ3n) is 2.80. The van der Waals surface area contributed by atoms with Gasteiger partial charge in [0.05, 0.1) is 18.9 Å². The molecule has 2 amide bonds. The van der Waals surface area contributed by atoms with E-state index >= 15 is 0 Å². The molecular weight excluding hydrogens is 322 g/mol. The molecule has 0 aliphatic rings. The number of nitrogens with one attached hydrogen (secondary N) is 1. The second-order valence-electron chi connectivity index (χ2n) is 4.79. The van der Waals surface area contributed by atoms with E-state index in [1.807, 2.05) is 0 Å². The van der Waals surface area contributed by atoms with Gasteiger partial charge in [-0.05, 0) is 6.92 Å². The Morgan fingerprint density at radius 3 is 2.61 bits per heavy atom. The quantitative estimate of drug-likeness (QED) is 0.487. The molecule has 10 heteroatoms. The Labute approximate surface area is 138 Å². The fraction of sp³-hybridized carbons (Fsp3) is 0.615. The number of carbonyl (C=O) groups is 3. The Morgan fingerprint density at radius 1 is 1.30 bits per heavy atom. The lowest BCUT2D eigenvalue weighted by Crippen LogP contribution is -2.37. The molecule has 0 saturated carbocycles. The van der Waals surface area contributed by atoms with E-state index in [4.69, 9.17) is 4.74 Å². The van der Waals surface area contributed by atoms with Gasteiger partial charge >= 0.3 is 5.97 Å². The summed E-state index contributed by atoms with van der Waals surface area (Å²) in [7, 11) is 4.95. The minimum atomic E-state index is -0.375. The number of hydrogen-bond acceptors (Lipinski definition) is 7. The van der Waals surface area contributed by atoms with Gasteiger partial charge in [0.15, 0.2) is 5.16 Å². The molecule has 0 radical (unpaired) electrons. The van der Waals surface area contributed by atoms with E-state index in [2.05, 4.69) is 15.5 Å². The summed E-state index contributed by atoms with van der Waals surface area (Å²) in [6.45, 7) is 2.00. The molecule has 0 atom stereocenters. The van der Waals surface area contributed by atoms with Crippen molar-refractivity contribution in [1.29, 1.82) is 0 Å². The third-order valence-corrected chi connectivity index (χ3v) is 3.82. The first kappa shape index (κ1) is 18.9. The molecule has 1 aromatic heterocycles. The van der Waals surface area contributed by atoms with Gasteiger partial charge in [-0.3, -0.25) is 14.4 Å². The molecule has 0 unspecified atom stereocenters. The fourth-order valence-corrected chi connectivity index (χ4v) is 2.24. The molecule has 1 rings (SSSR count). The predicted molar refractivity (Wildman–Crippen MR) is 83.8 cm³/mol. The zero-order chi connectivity index (χ0) is 17.4. The van der Waals surface area contributed by atoms with Gasteiger partial charge in [-0.1, -0.05) is 11.8 Å². The zero-order valence-electron chi connectivity index (χ0n) is 13.7. The molecule has 0 aliphatic heterocycles. The van der Waals surface area contributed by atoms with Gasteiger partial charge in [-0.15, -0.1) is 10.2 Å². The van der Waals surface area contributed by atoms with E-state index in [9.17, 15) is 14.4 Å². The summed E-state index contributed by atoms with van der Waals surface area (Å²) in [6, 6.07) is 0. The van der Waals surface area contributed by atoms with Crippen molar-refractivity contribution in [2.75, 3.05) is 33.0 Å². The SMILES string of the molecule is CCOC(=O)Cc1nnc(SCC(=O)NCC(=O)N(C)C)n1C. The Morgan fingerprint density at radius 2 is 2.00 bits per heavy atom. The number of ether oxygens (including phenoxy) is 1. The van der Waals surface area contributed by atoms with Crippen molar-refractivity contribution < 1.29 is 19.1 Å². The smallest absolute Gasteiger partial charge is 0.313 e. The van der Waals surface area contributed by atoms with E-state index in [1.165, 1.54) is 16.7 Å². The highest BCUT2D eigenvalue weighted by atomic mass is 32.2. The number of nitrogens with zero attached hydrogens (tertiary/aromatic N) is 4. The van der Waals surface area contributed by atoms with Crippen LogP contribution in [-0.2, 0) is 32.6 Å². The highest BCUT2D eigenvalue weighted by Crippen LogP contribution is 2.15. The molecule has 1 heterocycles. The third kappa shape index (κ3) is 6.27. The normalized spacial score (nSPS) is 10.3. The van der Waals surface area contributed by atoms with Gasteiger partial charge < -0.3 is 19.5 Å². The number of rotatable bonds is 8. The average molecular weight is 343 g/mol. The lowest BCUT2D eigenvalue weighted by atomic mass is 10.4. The van der Waals surface area contributed by atoms with Crippen LogP contribution < -0.4 is 5.32 Å². The van der Waals surface area contributed by atoms with Crippen molar-refractivity contribution in [3.05, 3.63) is 5.82 Å². The first-order chi connectivity index (χ1) is 10.8. The van der Waals surface area contributed by atoms with Crippen LogP contribution >= 0.6 is 11.8 Å². The first-order valence-corrected chi connectivity index (χ1v) is 7.97. The van der Waals surface area contributed by atoms with E-state index < -0.39 is 0 Å². The van der Waals surface area contributed by atoms with Crippen molar-refractivity contribution in [2.45, 2.75) is 18.5 Å². The van der Waals surface area contributed by atoms with Gasteiger partial charge in [-0.2, -0.15) is 0 Å². The largest absolute Gasteiger partial charge is 0.466 e. The zero-order valence-corrected chi connectivity index (χ0v) is 14.5. The van der Waals surface area contributed by atoms with E-state index in [1.54, 1.807) is 32.6 Å². The second kappa shape index (κ2) is 9.13. The van der Waals surface area contributed by atoms with E-state index in [0.29, 0.717) is 17.6 Å². The molecule has 1 N–H and O–H groups in total. The summed E-state index contributed by atoms with van der Waals surface area (Å²) in [4.78, 5) is 35.9. The van der Waals surface area contributed by atoms with E-state index in [0.717, 1.165) is 0 Å². The highest BCUT2D eigenvalue weighted by molar-refractivity contribution is 7.99. The lowest BCUT2D eigenvalue weighted by Gasteiger charge is -2.10. The molecule has 0 saturated heterocycles. The summed E-state index contributed by atoms with van der Waals surface area (Å²) in [5, 5.41) is 10.9. The highest BCUT2D eigenvalue weighted by Gasteiger charge is 2.15. The first-order valence-electron chi connectivity index (χ1n) is 6.98. The van der Waals surface area contributed by atoms with Crippen LogP contribution in [0.15, 0.2) is 5.16 Å². The monoisotopic (exact) mass is 343 g/mol. The van der Waals surface area contributed by atoms with Gasteiger partial charge in [-0.25, -0.2) is 0 Å². The maximum Gasteiger partial charge on any atom is 0.313 e. The van der Waals surface area contributed by atoms with Gasteiger partial charge in [0.2, 0.25) is 11.8 Å². The Balaban J connectivity index is 2.46. The number of carbonyl (C=O) groups excluding carboxylic acids is 3. The molecular formula is C13H21N5O4S. The summed E-state index contributed by atoms with van der Waals surface area (Å²) in [5.74, 6) is -0.265. The van der Waals surface area contributed by atoms with Crippen LogP contribution in [0.5, 0.6) is 0 Å². The van der Waals surface area contributed by atoms with E-state index in [-0.39, 0.29) is 36.5 Å². The molecule has 0 aromatic carbocycles. The summed E-state index contributed by atoms with van der Waals surface area (Å²) in [6.07, 6.45) is 0.0292. The van der Waals surface area contributed by atoms with Crippen molar-refractivity contribution in [1.82, 2.24) is 25.0 Å². The Kier molecular flexibility index (Phi) is 7.52. The summed E-state index contributed by atoms with van der Waals surface area (Å²) < 4.78 is 6.49. The minimum Gasteiger partial charge on any atom is -0.466 e. The maximum atomic E-state index is 11.7. The van der Waals surface area contributed by atoms with Crippen LogP contribution in [0.1, 0.15) is 12.7 Å². The standard InChI is InChI=1S/C13H21N5O4S/c1-5-22-12(21)6-9-15-16-13(18(9)4)23-8-10(19)14-7-11(20)17(2)3/h5-8H2,1-4H3,(H,14,19). The number of amides is 2. The van der Waals surface area contributed by atoms with Crippen LogP contribution in [-0.4, -0.2) is 70.4 Å². The predicted octanol–water partition coefficient (Wildman–Crippen LogP) is -0.783. The number of thioether (sulfide) groups is 1. The number of aromatic nitrogens is 3. The average Bonchev–Trinajstić information content (AvgIpc) is 2.83. The maximum absolute atomic E-state index is 11.7. The van der Waals surface area contributed by atoms with Crippen LogP contribution in [0.2, 0.25) is 0 Å². The van der Waals surface area contributed by atoms with Gasteiger partial charge in [0.25, 0.3) is 0 Å². The van der Waals surface area contributed by atoms with Crippen molar-refractivity contribution in [2.24, 2.45) is 7.05 Å². The fourth-order valence-electron chi connectivity index (χ4n) is 1.48. The number of esters is 1. The Bertz CT molecular complexity index is 573. The van der Waals surface area contributed by atoms with Crippen molar-refractivity contribution in [3.8, 4) is 0 Å². The molecule has 9 nitrogen and oxygen atoms in total. The molecule has 0 spiro atoms. The second-order valence-corrected chi connectivity index (χ2v) is 5.74. The number of likely N-dealkylation sites (N-methyl/N-ethyl adjacent to an activating group) is 1. The summed E-state index contributed by atoms with van der Waals surface area (Å²) >= 11 is 1.18. The van der Waals surface area contributed by atoms with Gasteiger partial charge in [0.1, 0.15) is 12.2 Å². The minimum absolute atomic E-state index is 0.0292. The van der Waals surface area contributed by atoms with Crippen molar-refractivity contribution in [3.63, 3.8) is 0 Å².